The van der Waals surface area contributed by atoms with Crippen molar-refractivity contribution in [2.45, 2.75) is 12.6 Å². The van der Waals surface area contributed by atoms with Gasteiger partial charge in [0.05, 0.1) is 25.0 Å². The molecule has 0 bridgehead atoms. The van der Waals surface area contributed by atoms with Crippen molar-refractivity contribution in [1.29, 1.82) is 0 Å². The molecule has 1 aliphatic heterocycles. The second-order valence-corrected chi connectivity index (χ2v) is 6.99. The molecule has 1 saturated heterocycles. The first kappa shape index (κ1) is 21.9. The molecule has 0 radical (unpaired) electrons. The maximum Gasteiger partial charge on any atom is 0.276 e. The zero-order valence-corrected chi connectivity index (χ0v) is 16.6. The predicted molar refractivity (Wildman–Crippen MR) is 104 cm³/mol. The lowest BCUT2D eigenvalue weighted by Gasteiger charge is -2.37. The van der Waals surface area contributed by atoms with E-state index in [4.69, 9.17) is 5.11 Å². The van der Waals surface area contributed by atoms with E-state index >= 15 is 0 Å². The fourth-order valence-electron chi connectivity index (χ4n) is 3.10. The van der Waals surface area contributed by atoms with E-state index in [9.17, 15) is 23.5 Å². The smallest absolute Gasteiger partial charge is 0.276 e. The molecule has 30 heavy (non-hydrogen) atoms. The highest BCUT2D eigenvalue weighted by atomic mass is 32.1. The second-order valence-electron chi connectivity index (χ2n) is 6.58. The van der Waals surface area contributed by atoms with Crippen molar-refractivity contribution in [1.82, 2.24) is 25.2 Å². The molecule has 0 aliphatic carbocycles. The van der Waals surface area contributed by atoms with Crippen LogP contribution in [0.2, 0.25) is 0 Å². The maximum absolute atomic E-state index is 14.7. The topological polar surface area (TPSA) is 124 Å². The van der Waals surface area contributed by atoms with Gasteiger partial charge in [-0.05, 0) is 0 Å². The van der Waals surface area contributed by atoms with Crippen molar-refractivity contribution in [3.63, 3.8) is 0 Å². The molecule has 0 saturated carbocycles. The maximum atomic E-state index is 14.7. The number of anilines is 1. The summed E-state index contributed by atoms with van der Waals surface area (Å²) in [5, 5.41) is 27.8. The molecule has 1 aliphatic rings. The van der Waals surface area contributed by atoms with Crippen LogP contribution in [0.25, 0.3) is 5.69 Å². The summed E-state index contributed by atoms with van der Waals surface area (Å²) in [6, 6.07) is 2.22. The fourth-order valence-corrected chi connectivity index (χ4v) is 3.18. The highest BCUT2D eigenvalue weighted by Gasteiger charge is 2.28. The zero-order chi connectivity index (χ0) is 21.8. The van der Waals surface area contributed by atoms with Gasteiger partial charge in [-0.2, -0.15) is 0 Å². The highest BCUT2D eigenvalue weighted by Crippen LogP contribution is 2.27. The van der Waals surface area contributed by atoms with Crippen molar-refractivity contribution >= 4 is 29.5 Å². The first-order valence-electron chi connectivity index (χ1n) is 9.00. The summed E-state index contributed by atoms with van der Waals surface area (Å²) in [4.78, 5) is 25.5. The van der Waals surface area contributed by atoms with E-state index in [0.29, 0.717) is 5.69 Å². The zero-order valence-electron chi connectivity index (χ0n) is 15.7. The SMILES string of the molecule is O=C(S)NCc1cn(-c2cc(F)c(N3CCN(C(=O)[C@@H](O)CO)CC3)c(F)c2)nn1. The monoisotopic (exact) mass is 442 g/mol. The lowest BCUT2D eigenvalue weighted by Crippen LogP contribution is -2.52. The molecule has 162 valence electrons. The number of hydrogen-bond donors (Lipinski definition) is 4. The molecular weight excluding hydrogens is 422 g/mol. The molecule has 2 aromatic rings. The Labute approximate surface area is 175 Å². The molecule has 2 amide bonds. The van der Waals surface area contributed by atoms with Crippen LogP contribution in [0.4, 0.5) is 19.3 Å². The van der Waals surface area contributed by atoms with Crippen molar-refractivity contribution in [2.24, 2.45) is 0 Å². The summed E-state index contributed by atoms with van der Waals surface area (Å²) >= 11 is 3.57. The van der Waals surface area contributed by atoms with Crippen LogP contribution in [0, 0.1) is 11.6 Å². The van der Waals surface area contributed by atoms with Crippen LogP contribution in [0.1, 0.15) is 5.69 Å². The third-order valence-electron chi connectivity index (χ3n) is 4.59. The predicted octanol–water partition coefficient (Wildman–Crippen LogP) is -0.313. The Balaban J connectivity index is 1.71. The summed E-state index contributed by atoms with van der Waals surface area (Å²) in [6.45, 7) is 0.00966. The molecule has 13 heteroatoms. The highest BCUT2D eigenvalue weighted by molar-refractivity contribution is 7.96. The first-order chi connectivity index (χ1) is 14.3. The van der Waals surface area contributed by atoms with Crippen molar-refractivity contribution < 1.29 is 28.6 Å². The van der Waals surface area contributed by atoms with Gasteiger partial charge in [0.15, 0.2) is 17.7 Å². The summed E-state index contributed by atoms with van der Waals surface area (Å²) in [6.07, 6.45) is -0.0768. The molecule has 0 unspecified atom stereocenters. The Bertz CT molecular complexity index is 912. The number of carbonyl (C=O) groups excluding carboxylic acids is 2. The number of benzene rings is 1. The van der Waals surface area contributed by atoms with E-state index in [1.807, 2.05) is 0 Å². The van der Waals surface area contributed by atoms with Gasteiger partial charge in [-0.15, -0.1) is 5.10 Å². The Hall–Kier alpha value is -2.77. The molecule has 2 heterocycles. The average molecular weight is 442 g/mol. The number of halogens is 2. The number of aromatic nitrogens is 3. The van der Waals surface area contributed by atoms with Gasteiger partial charge in [0, 0.05) is 38.3 Å². The van der Waals surface area contributed by atoms with E-state index < -0.39 is 35.5 Å². The van der Waals surface area contributed by atoms with Crippen molar-refractivity contribution in [3.8, 4) is 5.69 Å². The van der Waals surface area contributed by atoms with Crippen LogP contribution < -0.4 is 10.2 Å². The normalized spacial score (nSPS) is 15.2. The van der Waals surface area contributed by atoms with E-state index in [2.05, 4.69) is 28.3 Å². The minimum absolute atomic E-state index is 0.0688. The molecule has 0 spiro atoms. The molecule has 1 fully saturated rings. The molecule has 10 nitrogen and oxygen atoms in total. The Morgan fingerprint density at radius 2 is 1.83 bits per heavy atom. The van der Waals surface area contributed by atoms with Crippen LogP contribution in [0.15, 0.2) is 18.3 Å². The number of piperazine rings is 1. The van der Waals surface area contributed by atoms with Crippen LogP contribution in [-0.4, -0.2) is 80.1 Å². The Morgan fingerprint density at radius 1 is 1.20 bits per heavy atom. The minimum atomic E-state index is -1.50. The summed E-state index contributed by atoms with van der Waals surface area (Å²) in [5.74, 6) is -2.23. The van der Waals surface area contributed by atoms with Crippen LogP contribution >= 0.6 is 12.6 Å². The molecule has 1 aromatic heterocycles. The fraction of sp³-hybridized carbons (Fsp3) is 0.412. The van der Waals surface area contributed by atoms with Gasteiger partial charge in [0.25, 0.3) is 11.1 Å². The van der Waals surface area contributed by atoms with Crippen molar-refractivity contribution in [3.05, 3.63) is 35.7 Å². The standard InChI is InChI=1S/C17H20F2N6O4S/c18-12-5-11(25-8-10(21-22-25)7-20-17(29)30)6-13(19)15(12)23-1-3-24(4-2-23)16(28)14(27)9-26/h5-6,8,14,26-27H,1-4,7,9H2,(H2,20,29,30)/t14-/m0/s1. The molecule has 3 rings (SSSR count). The second kappa shape index (κ2) is 9.36. The summed E-state index contributed by atoms with van der Waals surface area (Å²) < 4.78 is 30.6. The van der Waals surface area contributed by atoms with Crippen LogP contribution in [-0.2, 0) is 11.3 Å². The van der Waals surface area contributed by atoms with Crippen LogP contribution in [0.5, 0.6) is 0 Å². The number of nitrogens with zero attached hydrogens (tertiary/aromatic N) is 5. The number of aliphatic hydroxyl groups excluding tert-OH is 2. The lowest BCUT2D eigenvalue weighted by atomic mass is 10.2. The molecule has 1 aromatic carbocycles. The van der Waals surface area contributed by atoms with Gasteiger partial charge in [-0.25, -0.2) is 13.5 Å². The van der Waals surface area contributed by atoms with Gasteiger partial charge < -0.3 is 25.3 Å². The number of rotatable bonds is 6. The number of thiol groups is 1. The molecule has 1 atom stereocenters. The largest absolute Gasteiger partial charge is 0.393 e. The number of aliphatic hydroxyl groups is 2. The van der Waals surface area contributed by atoms with E-state index in [1.165, 1.54) is 20.7 Å². The minimum Gasteiger partial charge on any atom is -0.393 e. The molecular formula is C17H20F2N6O4S. The van der Waals surface area contributed by atoms with Gasteiger partial charge in [0.2, 0.25) is 0 Å². The van der Waals surface area contributed by atoms with E-state index in [0.717, 1.165) is 12.1 Å². The number of carbonyl (C=O) groups is 2. The third kappa shape index (κ3) is 4.86. The summed E-state index contributed by atoms with van der Waals surface area (Å²) in [7, 11) is 0. The van der Waals surface area contributed by atoms with Gasteiger partial charge in [-0.3, -0.25) is 9.59 Å². The van der Waals surface area contributed by atoms with Gasteiger partial charge >= 0.3 is 0 Å². The number of hydrogen-bond acceptors (Lipinski definition) is 7. The van der Waals surface area contributed by atoms with E-state index in [1.54, 1.807) is 0 Å². The number of amides is 2. The van der Waals surface area contributed by atoms with Gasteiger partial charge in [-0.1, -0.05) is 17.8 Å². The third-order valence-corrected chi connectivity index (χ3v) is 4.75. The quantitative estimate of drug-likeness (QED) is 0.453. The number of nitrogens with one attached hydrogen (secondary N) is 1. The molecule has 3 N–H and O–H groups in total. The van der Waals surface area contributed by atoms with Gasteiger partial charge in [0.1, 0.15) is 11.4 Å². The lowest BCUT2D eigenvalue weighted by molar-refractivity contribution is -0.142. The summed E-state index contributed by atoms with van der Waals surface area (Å²) in [5.41, 5.74) is 0.272. The Morgan fingerprint density at radius 3 is 2.40 bits per heavy atom. The average Bonchev–Trinajstić information content (AvgIpc) is 3.20. The van der Waals surface area contributed by atoms with Crippen molar-refractivity contribution in [2.75, 3.05) is 37.7 Å². The first-order valence-corrected chi connectivity index (χ1v) is 9.45. The van der Waals surface area contributed by atoms with Crippen LogP contribution in [0.3, 0.4) is 0 Å². The van der Waals surface area contributed by atoms with E-state index in [-0.39, 0.29) is 44.1 Å². The Kier molecular flexibility index (Phi) is 6.84.